The zero-order valence-electron chi connectivity index (χ0n) is 15.1. The third-order valence-electron chi connectivity index (χ3n) is 4.32. The lowest BCUT2D eigenvalue weighted by Crippen LogP contribution is -2.27. The zero-order chi connectivity index (χ0) is 19.5. The maximum Gasteiger partial charge on any atom is 0.253 e. The topological polar surface area (TPSA) is 112 Å². The summed E-state index contributed by atoms with van der Waals surface area (Å²) in [6, 6.07) is 16.7. The number of hydrogen-bond acceptors (Lipinski definition) is 7. The molecule has 0 bridgehead atoms. The van der Waals surface area contributed by atoms with E-state index in [0.717, 1.165) is 16.7 Å². The van der Waals surface area contributed by atoms with Crippen LogP contribution < -0.4 is 5.32 Å². The summed E-state index contributed by atoms with van der Waals surface area (Å²) < 4.78 is 1.63. The average Bonchev–Trinajstić information content (AvgIpc) is 3.23. The number of carbonyl (C=O) groups excluding carboxylic acids is 1. The molecule has 9 heteroatoms. The lowest BCUT2D eigenvalue weighted by Gasteiger charge is -2.15. The van der Waals surface area contributed by atoms with Crippen molar-refractivity contribution in [2.45, 2.75) is 6.42 Å². The predicted molar refractivity (Wildman–Crippen MR) is 103 cm³/mol. The van der Waals surface area contributed by atoms with Gasteiger partial charge in [0.05, 0.1) is 23.5 Å². The summed E-state index contributed by atoms with van der Waals surface area (Å²) in [5.41, 5.74) is 3.39. The molecule has 2 heterocycles. The van der Waals surface area contributed by atoms with Crippen LogP contribution in [-0.4, -0.2) is 49.4 Å². The Morgan fingerprint density at radius 1 is 1.21 bits per heavy atom. The van der Waals surface area contributed by atoms with E-state index in [1.165, 1.54) is 4.90 Å². The molecule has 1 N–H and O–H groups in total. The highest BCUT2D eigenvalue weighted by Gasteiger charge is 2.13. The smallest absolute Gasteiger partial charge is 0.253 e. The Morgan fingerprint density at radius 3 is 2.79 bits per heavy atom. The van der Waals surface area contributed by atoms with Crippen molar-refractivity contribution in [1.82, 2.24) is 29.9 Å². The van der Waals surface area contributed by atoms with Crippen LogP contribution in [0, 0.1) is 11.3 Å². The maximum atomic E-state index is 12.4. The number of nitrogens with zero attached hydrogens (tertiary/aromatic N) is 7. The first-order valence-electron chi connectivity index (χ1n) is 8.64. The Kier molecular flexibility index (Phi) is 4.51. The van der Waals surface area contributed by atoms with Gasteiger partial charge in [-0.1, -0.05) is 12.1 Å². The van der Waals surface area contributed by atoms with Crippen molar-refractivity contribution >= 4 is 34.1 Å². The third kappa shape index (κ3) is 3.19. The molecule has 4 aromatic rings. The molecule has 28 heavy (non-hydrogen) atoms. The summed E-state index contributed by atoms with van der Waals surface area (Å²) in [4.78, 5) is 18.5. The Morgan fingerprint density at radius 2 is 2.00 bits per heavy atom. The van der Waals surface area contributed by atoms with E-state index >= 15 is 0 Å². The van der Waals surface area contributed by atoms with Crippen molar-refractivity contribution < 1.29 is 4.79 Å². The number of rotatable bonds is 5. The van der Waals surface area contributed by atoms with Crippen molar-refractivity contribution in [2.24, 2.45) is 0 Å². The molecule has 1 amide bonds. The Labute approximate surface area is 160 Å². The van der Waals surface area contributed by atoms with Crippen LogP contribution >= 0.6 is 0 Å². The van der Waals surface area contributed by atoms with Crippen molar-refractivity contribution in [3.8, 4) is 6.07 Å². The number of aromatic nitrogens is 5. The quantitative estimate of drug-likeness (QED) is 0.572. The van der Waals surface area contributed by atoms with Crippen molar-refractivity contribution in [3.05, 3.63) is 54.1 Å². The fourth-order valence-corrected chi connectivity index (χ4v) is 2.86. The fraction of sp³-hybridized carbons (Fsp3) is 0.158. The molecule has 0 aliphatic carbocycles. The molecular formula is C19H16N8O. The van der Waals surface area contributed by atoms with Gasteiger partial charge >= 0.3 is 0 Å². The van der Waals surface area contributed by atoms with E-state index in [1.54, 1.807) is 35.8 Å². The normalized spacial score (nSPS) is 10.7. The number of carbonyl (C=O) groups is 1. The van der Waals surface area contributed by atoms with Crippen LogP contribution in [-0.2, 0) is 0 Å². The van der Waals surface area contributed by atoms with Crippen LogP contribution in [0.2, 0.25) is 0 Å². The number of amides is 1. The molecule has 0 saturated carbocycles. The molecule has 0 unspecified atom stereocenters. The zero-order valence-corrected chi connectivity index (χ0v) is 15.1. The number of anilines is 2. The molecule has 0 spiro atoms. The minimum absolute atomic E-state index is 0.130. The number of fused-ring (bicyclic) bond motifs is 3. The molecule has 0 aliphatic rings. The number of benzene rings is 2. The predicted octanol–water partition coefficient (Wildman–Crippen LogP) is 2.40. The molecule has 4 rings (SSSR count). The second kappa shape index (κ2) is 7.28. The van der Waals surface area contributed by atoms with Crippen LogP contribution in [0.4, 0.5) is 11.5 Å². The highest BCUT2D eigenvalue weighted by molar-refractivity contribution is 5.94. The van der Waals surface area contributed by atoms with Crippen LogP contribution in [0.25, 0.3) is 16.7 Å². The third-order valence-corrected chi connectivity index (χ3v) is 4.32. The van der Waals surface area contributed by atoms with E-state index in [1.807, 2.05) is 30.3 Å². The van der Waals surface area contributed by atoms with Gasteiger partial charge in [-0.25, -0.2) is 4.98 Å². The highest BCUT2D eigenvalue weighted by Crippen LogP contribution is 2.22. The van der Waals surface area contributed by atoms with E-state index in [0.29, 0.717) is 30.0 Å². The molecule has 0 saturated heterocycles. The molecule has 2 aromatic heterocycles. The van der Waals surface area contributed by atoms with Gasteiger partial charge in [-0.3, -0.25) is 4.79 Å². The summed E-state index contributed by atoms with van der Waals surface area (Å²) in [5, 5.41) is 23.7. The molecule has 0 atom stereocenters. The maximum absolute atomic E-state index is 12.4. The monoisotopic (exact) mass is 372 g/mol. The van der Waals surface area contributed by atoms with E-state index < -0.39 is 0 Å². The molecule has 0 radical (unpaired) electrons. The number of nitrogens with one attached hydrogen (secondary N) is 1. The summed E-state index contributed by atoms with van der Waals surface area (Å²) in [5.74, 6) is 0.392. The highest BCUT2D eigenvalue weighted by atomic mass is 16.2. The van der Waals surface area contributed by atoms with E-state index in [2.05, 4.69) is 25.8 Å². The Hall–Kier alpha value is -4.06. The summed E-state index contributed by atoms with van der Waals surface area (Å²) in [6.07, 6.45) is 0.303. The van der Waals surface area contributed by atoms with Gasteiger partial charge in [0.2, 0.25) is 5.65 Å². The van der Waals surface area contributed by atoms with Crippen LogP contribution in [0.15, 0.2) is 48.5 Å². The van der Waals surface area contributed by atoms with Gasteiger partial charge in [0, 0.05) is 24.8 Å². The lowest BCUT2D eigenvalue weighted by atomic mass is 10.2. The van der Waals surface area contributed by atoms with Crippen molar-refractivity contribution in [1.29, 1.82) is 5.26 Å². The second-order valence-corrected chi connectivity index (χ2v) is 6.20. The second-order valence-electron chi connectivity index (χ2n) is 6.20. The Balaban J connectivity index is 1.60. The number of tetrazole rings is 1. The first-order valence-corrected chi connectivity index (χ1v) is 8.64. The van der Waals surface area contributed by atoms with Gasteiger partial charge in [0.15, 0.2) is 5.82 Å². The number of nitriles is 1. The molecule has 138 valence electrons. The molecule has 0 fully saturated rings. The van der Waals surface area contributed by atoms with Crippen LogP contribution in [0.5, 0.6) is 0 Å². The van der Waals surface area contributed by atoms with E-state index in [9.17, 15) is 4.79 Å². The largest absolute Gasteiger partial charge is 0.341 e. The van der Waals surface area contributed by atoms with Gasteiger partial charge in [-0.2, -0.15) is 9.78 Å². The number of hydrogen-bond donors (Lipinski definition) is 1. The summed E-state index contributed by atoms with van der Waals surface area (Å²) in [6.45, 7) is 0.397. The summed E-state index contributed by atoms with van der Waals surface area (Å²) in [7, 11) is 1.68. The van der Waals surface area contributed by atoms with Crippen molar-refractivity contribution in [3.63, 3.8) is 0 Å². The van der Waals surface area contributed by atoms with E-state index in [-0.39, 0.29) is 5.91 Å². The average molecular weight is 372 g/mol. The molecule has 9 nitrogen and oxygen atoms in total. The van der Waals surface area contributed by atoms with Crippen LogP contribution in [0.3, 0.4) is 0 Å². The van der Waals surface area contributed by atoms with E-state index in [4.69, 9.17) is 5.26 Å². The number of para-hydroxylation sites is 2. The van der Waals surface area contributed by atoms with Gasteiger partial charge in [0.25, 0.3) is 5.91 Å². The molecule has 2 aromatic carbocycles. The Bertz CT molecular complexity index is 1190. The first kappa shape index (κ1) is 17.4. The first-order chi connectivity index (χ1) is 13.7. The standard InChI is InChI=1S/C19H16N8O/c1-26(12-4-11-20)19(28)13-7-9-14(10-8-13)21-17-18-23-24-25-27(18)16-6-3-2-5-15(16)22-17/h2-3,5-10H,4,12H2,1H3,(H,21,22). The van der Waals surface area contributed by atoms with Gasteiger partial charge in [-0.05, 0) is 46.8 Å². The fourth-order valence-electron chi connectivity index (χ4n) is 2.86. The van der Waals surface area contributed by atoms with Gasteiger partial charge in [0.1, 0.15) is 0 Å². The van der Waals surface area contributed by atoms with Gasteiger partial charge in [-0.15, -0.1) is 5.10 Å². The molecule has 0 aliphatic heterocycles. The van der Waals surface area contributed by atoms with Crippen LogP contribution in [0.1, 0.15) is 16.8 Å². The minimum Gasteiger partial charge on any atom is -0.341 e. The minimum atomic E-state index is -0.130. The molecular weight excluding hydrogens is 356 g/mol. The van der Waals surface area contributed by atoms with Crippen molar-refractivity contribution in [2.75, 3.05) is 18.9 Å². The van der Waals surface area contributed by atoms with Gasteiger partial charge < -0.3 is 10.2 Å². The SMILES string of the molecule is CN(CCC#N)C(=O)c1ccc(Nc2nc3ccccc3n3nnnc23)cc1. The lowest BCUT2D eigenvalue weighted by molar-refractivity contribution is 0.0798. The summed E-state index contributed by atoms with van der Waals surface area (Å²) >= 11 is 0.